The second-order valence-corrected chi connectivity index (χ2v) is 5.96. The van der Waals surface area contributed by atoms with Crippen LogP contribution in [0.2, 0.25) is 0 Å². The van der Waals surface area contributed by atoms with Crippen molar-refractivity contribution in [1.29, 1.82) is 0 Å². The summed E-state index contributed by atoms with van der Waals surface area (Å²) in [6.45, 7) is 5.32. The highest BCUT2D eigenvalue weighted by Gasteiger charge is 2.41. The van der Waals surface area contributed by atoms with Gasteiger partial charge in [-0.15, -0.1) is 0 Å². The summed E-state index contributed by atoms with van der Waals surface area (Å²) in [4.78, 5) is 27.9. The molecule has 2 aliphatic rings. The van der Waals surface area contributed by atoms with E-state index in [4.69, 9.17) is 18.0 Å². The fourth-order valence-corrected chi connectivity index (χ4v) is 2.64. The smallest absolute Gasteiger partial charge is 0.235 e. The van der Waals surface area contributed by atoms with E-state index in [2.05, 4.69) is 0 Å². The summed E-state index contributed by atoms with van der Waals surface area (Å²) < 4.78 is 0. The van der Waals surface area contributed by atoms with Crippen LogP contribution in [0.25, 0.3) is 0 Å². The summed E-state index contributed by atoms with van der Waals surface area (Å²) in [5, 5.41) is 0. The number of carbonyl (C=O) groups is 2. The van der Waals surface area contributed by atoms with Crippen molar-refractivity contribution >= 4 is 29.0 Å². The molecule has 2 aliphatic heterocycles. The second kappa shape index (κ2) is 4.50. The molecular formula is C12H19N3O2S. The molecule has 2 amide bonds. The molecule has 0 aromatic carbocycles. The number of piperazine rings is 1. The van der Waals surface area contributed by atoms with Gasteiger partial charge in [-0.25, -0.2) is 0 Å². The van der Waals surface area contributed by atoms with E-state index in [1.54, 1.807) is 18.7 Å². The molecule has 0 radical (unpaired) electrons. The van der Waals surface area contributed by atoms with Crippen molar-refractivity contribution in [1.82, 2.24) is 9.80 Å². The zero-order valence-corrected chi connectivity index (χ0v) is 11.6. The van der Waals surface area contributed by atoms with Crippen molar-refractivity contribution in [2.24, 2.45) is 11.1 Å². The largest absolute Gasteiger partial charge is 0.392 e. The molecule has 0 aliphatic carbocycles. The summed E-state index contributed by atoms with van der Waals surface area (Å²) >= 11 is 4.96. The molecule has 5 nitrogen and oxygen atoms in total. The maximum Gasteiger partial charge on any atom is 0.235 e. The van der Waals surface area contributed by atoms with Gasteiger partial charge < -0.3 is 15.5 Å². The van der Waals surface area contributed by atoms with Crippen LogP contribution in [-0.2, 0) is 9.59 Å². The Hall–Kier alpha value is -1.17. The van der Waals surface area contributed by atoms with E-state index in [9.17, 15) is 9.59 Å². The van der Waals surface area contributed by atoms with Crippen LogP contribution < -0.4 is 5.73 Å². The number of hydrogen-bond acceptors (Lipinski definition) is 3. The van der Waals surface area contributed by atoms with Gasteiger partial charge in [0.05, 0.1) is 10.4 Å². The number of rotatable bonds is 2. The lowest BCUT2D eigenvalue weighted by atomic mass is 9.91. The average molecular weight is 269 g/mol. The number of amides is 2. The van der Waals surface area contributed by atoms with Crippen LogP contribution in [0.4, 0.5) is 0 Å². The Morgan fingerprint density at radius 2 is 2.11 bits per heavy atom. The van der Waals surface area contributed by atoms with E-state index in [0.29, 0.717) is 26.1 Å². The molecule has 1 unspecified atom stereocenters. The van der Waals surface area contributed by atoms with Crippen LogP contribution in [0.15, 0.2) is 0 Å². The normalized spacial score (nSPS) is 24.1. The number of fused-ring (bicyclic) bond motifs is 1. The molecular weight excluding hydrogens is 250 g/mol. The Morgan fingerprint density at radius 3 is 2.72 bits per heavy atom. The minimum atomic E-state index is -0.805. The van der Waals surface area contributed by atoms with Gasteiger partial charge in [-0.2, -0.15) is 0 Å². The average Bonchev–Trinajstić information content (AvgIpc) is 2.69. The fourth-order valence-electron chi connectivity index (χ4n) is 2.55. The van der Waals surface area contributed by atoms with Gasteiger partial charge in [-0.05, 0) is 20.3 Å². The fraction of sp³-hybridized carbons (Fsp3) is 0.750. The van der Waals surface area contributed by atoms with E-state index in [1.807, 2.05) is 4.90 Å². The third-order valence-electron chi connectivity index (χ3n) is 3.93. The van der Waals surface area contributed by atoms with Crippen molar-refractivity contribution in [3.05, 3.63) is 0 Å². The highest BCUT2D eigenvalue weighted by atomic mass is 32.1. The maximum absolute atomic E-state index is 12.4. The Balaban J connectivity index is 2.06. The predicted molar refractivity (Wildman–Crippen MR) is 71.9 cm³/mol. The Kier molecular flexibility index (Phi) is 3.31. The first kappa shape index (κ1) is 13.3. The SMILES string of the molecule is CC(C)(C(=O)N1CCN2C(=O)CCC2C1)C(N)=S. The van der Waals surface area contributed by atoms with Gasteiger partial charge in [0.1, 0.15) is 0 Å². The molecule has 2 heterocycles. The van der Waals surface area contributed by atoms with Gasteiger partial charge in [0.15, 0.2) is 0 Å². The van der Waals surface area contributed by atoms with Gasteiger partial charge in [0.2, 0.25) is 11.8 Å². The first-order chi connectivity index (χ1) is 8.34. The lowest BCUT2D eigenvalue weighted by Crippen LogP contribution is -2.57. The number of thiocarbonyl (C=S) groups is 1. The van der Waals surface area contributed by atoms with Crippen molar-refractivity contribution < 1.29 is 9.59 Å². The predicted octanol–water partition coefficient (Wildman–Crippen LogP) is 0.132. The van der Waals surface area contributed by atoms with Crippen LogP contribution in [0.3, 0.4) is 0 Å². The minimum absolute atomic E-state index is 0.0333. The van der Waals surface area contributed by atoms with Crippen LogP contribution in [0.1, 0.15) is 26.7 Å². The van der Waals surface area contributed by atoms with Gasteiger partial charge in [-0.1, -0.05) is 12.2 Å². The van der Waals surface area contributed by atoms with Crippen molar-refractivity contribution in [3.8, 4) is 0 Å². The third kappa shape index (κ3) is 2.09. The lowest BCUT2D eigenvalue weighted by Gasteiger charge is -2.40. The lowest BCUT2D eigenvalue weighted by molar-refractivity contribution is -0.143. The van der Waals surface area contributed by atoms with Gasteiger partial charge in [0, 0.05) is 32.1 Å². The van der Waals surface area contributed by atoms with Gasteiger partial charge in [0.25, 0.3) is 0 Å². The highest BCUT2D eigenvalue weighted by Crippen LogP contribution is 2.26. The molecule has 1 atom stereocenters. The van der Waals surface area contributed by atoms with Crippen molar-refractivity contribution in [2.75, 3.05) is 19.6 Å². The Labute approximate surface area is 112 Å². The molecule has 0 spiro atoms. The van der Waals surface area contributed by atoms with Crippen LogP contribution in [-0.4, -0.2) is 52.3 Å². The molecule has 2 fully saturated rings. The zero-order chi connectivity index (χ0) is 13.5. The summed E-state index contributed by atoms with van der Waals surface area (Å²) in [7, 11) is 0. The molecule has 0 aromatic heterocycles. The Bertz CT molecular complexity index is 408. The van der Waals surface area contributed by atoms with E-state index >= 15 is 0 Å². The molecule has 0 bridgehead atoms. The number of hydrogen-bond donors (Lipinski definition) is 1. The summed E-state index contributed by atoms with van der Waals surface area (Å²) in [5.41, 5.74) is 4.82. The molecule has 18 heavy (non-hydrogen) atoms. The molecule has 2 saturated heterocycles. The first-order valence-corrected chi connectivity index (χ1v) is 6.63. The van der Waals surface area contributed by atoms with Crippen molar-refractivity contribution in [3.63, 3.8) is 0 Å². The highest BCUT2D eigenvalue weighted by molar-refractivity contribution is 7.80. The first-order valence-electron chi connectivity index (χ1n) is 6.23. The molecule has 2 N–H and O–H groups in total. The molecule has 100 valence electrons. The molecule has 0 aromatic rings. The van der Waals surface area contributed by atoms with Crippen LogP contribution in [0, 0.1) is 5.41 Å². The zero-order valence-electron chi connectivity index (χ0n) is 10.8. The summed E-state index contributed by atoms with van der Waals surface area (Å²) in [6, 6.07) is 0.178. The van der Waals surface area contributed by atoms with E-state index in [0.717, 1.165) is 6.42 Å². The number of carbonyl (C=O) groups excluding carboxylic acids is 2. The maximum atomic E-state index is 12.4. The van der Waals surface area contributed by atoms with Crippen molar-refractivity contribution in [2.45, 2.75) is 32.7 Å². The monoisotopic (exact) mass is 269 g/mol. The topological polar surface area (TPSA) is 66.6 Å². The molecule has 0 saturated carbocycles. The molecule has 2 rings (SSSR count). The van der Waals surface area contributed by atoms with Gasteiger partial charge in [-0.3, -0.25) is 9.59 Å². The van der Waals surface area contributed by atoms with Crippen LogP contribution in [0.5, 0.6) is 0 Å². The number of nitrogens with two attached hydrogens (primary N) is 1. The quantitative estimate of drug-likeness (QED) is 0.724. The molecule has 6 heteroatoms. The Morgan fingerprint density at radius 1 is 1.44 bits per heavy atom. The standard InChI is InChI=1S/C12H19N3O2S/c1-12(2,10(13)18)11(17)14-5-6-15-8(7-14)3-4-9(15)16/h8H,3-7H2,1-2H3,(H2,13,18). The van der Waals surface area contributed by atoms with E-state index in [-0.39, 0.29) is 22.8 Å². The van der Waals surface area contributed by atoms with E-state index in [1.165, 1.54) is 0 Å². The number of nitrogens with zero attached hydrogens (tertiary/aromatic N) is 2. The summed E-state index contributed by atoms with van der Waals surface area (Å²) in [5.74, 6) is 0.176. The third-order valence-corrected chi connectivity index (χ3v) is 4.44. The minimum Gasteiger partial charge on any atom is -0.392 e. The summed E-state index contributed by atoms with van der Waals surface area (Å²) in [6.07, 6.45) is 1.45. The van der Waals surface area contributed by atoms with Crippen LogP contribution >= 0.6 is 12.2 Å². The van der Waals surface area contributed by atoms with Gasteiger partial charge >= 0.3 is 0 Å². The van der Waals surface area contributed by atoms with E-state index < -0.39 is 5.41 Å². The second-order valence-electron chi connectivity index (χ2n) is 5.52.